The van der Waals surface area contributed by atoms with E-state index in [1.165, 1.54) is 3.57 Å². The molecule has 0 spiro atoms. The summed E-state index contributed by atoms with van der Waals surface area (Å²) in [6.07, 6.45) is 0. The lowest BCUT2D eigenvalue weighted by Crippen LogP contribution is -1.97. The smallest absolute Gasteiger partial charge is 0.123 e. The van der Waals surface area contributed by atoms with Crippen LogP contribution in [0.5, 0.6) is 11.5 Å². The third-order valence-electron chi connectivity index (χ3n) is 2.17. The highest BCUT2D eigenvalue weighted by Gasteiger charge is 2.00. The highest BCUT2D eigenvalue weighted by Crippen LogP contribution is 2.20. The fraction of sp³-hybridized carbons (Fsp3) is 0.0769. The summed E-state index contributed by atoms with van der Waals surface area (Å²) >= 11 is 2.28. The van der Waals surface area contributed by atoms with Crippen LogP contribution in [0.4, 0.5) is 0 Å². The SMILES string of the molecule is Oc1cccc(OCc2ccccc2I)c1. The van der Waals surface area contributed by atoms with Crippen molar-refractivity contribution in [2.75, 3.05) is 0 Å². The van der Waals surface area contributed by atoms with Crippen molar-refractivity contribution in [1.29, 1.82) is 0 Å². The quantitative estimate of drug-likeness (QED) is 0.874. The molecule has 0 heterocycles. The van der Waals surface area contributed by atoms with E-state index >= 15 is 0 Å². The minimum absolute atomic E-state index is 0.222. The number of benzene rings is 2. The Morgan fingerprint density at radius 2 is 1.88 bits per heavy atom. The number of phenolic OH excluding ortho intramolecular Hbond substituents is 1. The normalized spacial score (nSPS) is 10.1. The van der Waals surface area contributed by atoms with Gasteiger partial charge in [0.1, 0.15) is 18.1 Å². The summed E-state index contributed by atoms with van der Waals surface area (Å²) in [6.45, 7) is 0.516. The summed E-state index contributed by atoms with van der Waals surface area (Å²) in [5, 5.41) is 9.28. The van der Waals surface area contributed by atoms with Crippen molar-refractivity contribution in [2.24, 2.45) is 0 Å². The van der Waals surface area contributed by atoms with E-state index in [4.69, 9.17) is 4.74 Å². The van der Waals surface area contributed by atoms with Crippen LogP contribution in [-0.2, 0) is 6.61 Å². The Hall–Kier alpha value is -1.23. The van der Waals surface area contributed by atoms with E-state index in [0.29, 0.717) is 12.4 Å². The van der Waals surface area contributed by atoms with E-state index in [1.54, 1.807) is 18.2 Å². The molecule has 1 N–H and O–H groups in total. The van der Waals surface area contributed by atoms with Gasteiger partial charge in [-0.3, -0.25) is 0 Å². The van der Waals surface area contributed by atoms with Gasteiger partial charge in [-0.05, 0) is 40.8 Å². The van der Waals surface area contributed by atoms with Gasteiger partial charge in [0, 0.05) is 15.2 Å². The maximum Gasteiger partial charge on any atom is 0.123 e. The molecule has 82 valence electrons. The summed E-state index contributed by atoms with van der Waals surface area (Å²) in [6, 6.07) is 14.9. The number of hydrogen-bond acceptors (Lipinski definition) is 2. The van der Waals surface area contributed by atoms with E-state index < -0.39 is 0 Å². The van der Waals surface area contributed by atoms with Gasteiger partial charge in [0.25, 0.3) is 0 Å². The Kier molecular flexibility index (Phi) is 3.66. The standard InChI is InChI=1S/C13H11IO2/c14-13-7-2-1-4-10(13)9-16-12-6-3-5-11(15)8-12/h1-8,15H,9H2. The van der Waals surface area contributed by atoms with E-state index in [1.807, 2.05) is 30.3 Å². The maximum atomic E-state index is 9.28. The topological polar surface area (TPSA) is 29.5 Å². The third-order valence-corrected chi connectivity index (χ3v) is 3.22. The minimum atomic E-state index is 0.222. The Morgan fingerprint density at radius 3 is 2.62 bits per heavy atom. The zero-order valence-corrected chi connectivity index (χ0v) is 10.7. The zero-order valence-electron chi connectivity index (χ0n) is 8.56. The van der Waals surface area contributed by atoms with Gasteiger partial charge < -0.3 is 9.84 Å². The average molecular weight is 326 g/mol. The van der Waals surface area contributed by atoms with Crippen LogP contribution in [0.3, 0.4) is 0 Å². The first-order valence-corrected chi connectivity index (χ1v) is 5.99. The monoisotopic (exact) mass is 326 g/mol. The van der Waals surface area contributed by atoms with Crippen molar-refractivity contribution in [3.63, 3.8) is 0 Å². The fourth-order valence-corrected chi connectivity index (χ4v) is 1.89. The zero-order chi connectivity index (χ0) is 11.4. The van der Waals surface area contributed by atoms with Crippen LogP contribution in [0.1, 0.15) is 5.56 Å². The molecule has 0 aromatic heterocycles. The molecular formula is C13H11IO2. The number of phenols is 1. The van der Waals surface area contributed by atoms with Gasteiger partial charge in [0.15, 0.2) is 0 Å². The first kappa shape index (κ1) is 11.3. The molecule has 0 radical (unpaired) electrons. The largest absolute Gasteiger partial charge is 0.508 e. The van der Waals surface area contributed by atoms with Crippen molar-refractivity contribution in [3.05, 3.63) is 57.7 Å². The van der Waals surface area contributed by atoms with Crippen molar-refractivity contribution < 1.29 is 9.84 Å². The second kappa shape index (κ2) is 5.21. The molecule has 2 rings (SSSR count). The highest BCUT2D eigenvalue weighted by molar-refractivity contribution is 14.1. The Bertz CT molecular complexity index is 483. The van der Waals surface area contributed by atoms with Crippen LogP contribution in [0.25, 0.3) is 0 Å². The van der Waals surface area contributed by atoms with Crippen molar-refractivity contribution in [1.82, 2.24) is 0 Å². The highest BCUT2D eigenvalue weighted by atomic mass is 127. The van der Waals surface area contributed by atoms with Crippen LogP contribution in [0.15, 0.2) is 48.5 Å². The molecule has 2 aromatic rings. The first-order chi connectivity index (χ1) is 7.75. The van der Waals surface area contributed by atoms with Gasteiger partial charge in [-0.15, -0.1) is 0 Å². The van der Waals surface area contributed by atoms with Crippen LogP contribution >= 0.6 is 22.6 Å². The molecule has 0 unspecified atom stereocenters. The second-order valence-corrected chi connectivity index (χ2v) is 4.54. The predicted molar refractivity (Wildman–Crippen MR) is 71.6 cm³/mol. The Labute approximate surface area is 108 Å². The first-order valence-electron chi connectivity index (χ1n) is 4.91. The molecule has 2 nitrogen and oxygen atoms in total. The molecule has 0 aliphatic rings. The molecule has 0 saturated carbocycles. The van der Waals surface area contributed by atoms with Crippen LogP contribution in [0, 0.1) is 3.57 Å². The lowest BCUT2D eigenvalue weighted by molar-refractivity contribution is 0.303. The molecule has 0 saturated heterocycles. The number of hydrogen-bond donors (Lipinski definition) is 1. The Morgan fingerprint density at radius 1 is 1.06 bits per heavy atom. The van der Waals surface area contributed by atoms with E-state index in [2.05, 4.69) is 22.6 Å². The molecule has 0 atom stereocenters. The van der Waals surface area contributed by atoms with E-state index in [-0.39, 0.29) is 5.75 Å². The molecule has 0 aliphatic heterocycles. The van der Waals surface area contributed by atoms with Gasteiger partial charge in [-0.1, -0.05) is 24.3 Å². The summed E-state index contributed by atoms with van der Waals surface area (Å²) in [5.41, 5.74) is 1.14. The van der Waals surface area contributed by atoms with Gasteiger partial charge >= 0.3 is 0 Å². The molecular weight excluding hydrogens is 315 g/mol. The minimum Gasteiger partial charge on any atom is -0.508 e. The van der Waals surface area contributed by atoms with Crippen LogP contribution in [-0.4, -0.2) is 5.11 Å². The molecule has 0 amide bonds. The lowest BCUT2D eigenvalue weighted by atomic mass is 10.2. The molecule has 0 fully saturated rings. The molecule has 16 heavy (non-hydrogen) atoms. The molecule has 0 bridgehead atoms. The molecule has 3 heteroatoms. The van der Waals surface area contributed by atoms with Crippen LogP contribution < -0.4 is 4.74 Å². The molecule has 0 aliphatic carbocycles. The lowest BCUT2D eigenvalue weighted by Gasteiger charge is -2.07. The molecule has 2 aromatic carbocycles. The van der Waals surface area contributed by atoms with Gasteiger partial charge in [0.2, 0.25) is 0 Å². The van der Waals surface area contributed by atoms with Crippen molar-refractivity contribution in [2.45, 2.75) is 6.61 Å². The van der Waals surface area contributed by atoms with Crippen molar-refractivity contribution in [3.8, 4) is 11.5 Å². The number of halogens is 1. The fourth-order valence-electron chi connectivity index (χ4n) is 1.35. The van der Waals surface area contributed by atoms with E-state index in [0.717, 1.165) is 5.56 Å². The van der Waals surface area contributed by atoms with Crippen LogP contribution in [0.2, 0.25) is 0 Å². The Balaban J connectivity index is 2.05. The summed E-state index contributed by atoms with van der Waals surface area (Å²) < 4.78 is 6.77. The predicted octanol–water partition coefficient (Wildman–Crippen LogP) is 3.58. The van der Waals surface area contributed by atoms with Gasteiger partial charge in [-0.25, -0.2) is 0 Å². The number of ether oxygens (including phenoxy) is 1. The maximum absolute atomic E-state index is 9.28. The van der Waals surface area contributed by atoms with Gasteiger partial charge in [-0.2, -0.15) is 0 Å². The summed E-state index contributed by atoms with van der Waals surface area (Å²) in [4.78, 5) is 0. The second-order valence-electron chi connectivity index (χ2n) is 3.38. The van der Waals surface area contributed by atoms with E-state index in [9.17, 15) is 5.11 Å². The third kappa shape index (κ3) is 2.88. The summed E-state index contributed by atoms with van der Waals surface area (Å²) in [7, 11) is 0. The number of aromatic hydroxyl groups is 1. The summed E-state index contributed by atoms with van der Waals surface area (Å²) in [5.74, 6) is 0.903. The van der Waals surface area contributed by atoms with Gasteiger partial charge in [0.05, 0.1) is 0 Å². The number of rotatable bonds is 3. The van der Waals surface area contributed by atoms with Crippen molar-refractivity contribution >= 4 is 22.6 Å². The average Bonchev–Trinajstić information content (AvgIpc) is 2.28.